The van der Waals surface area contributed by atoms with Gasteiger partial charge in [-0.1, -0.05) is 13.8 Å². The van der Waals surface area contributed by atoms with Gasteiger partial charge in [-0.3, -0.25) is 9.00 Å². The lowest BCUT2D eigenvalue weighted by molar-refractivity contribution is -0.137. The molecule has 0 aliphatic heterocycles. The summed E-state index contributed by atoms with van der Waals surface area (Å²) in [7, 11) is -1.42. The van der Waals surface area contributed by atoms with Crippen LogP contribution < -0.4 is 0 Å². The second-order valence-corrected chi connectivity index (χ2v) is 7.12. The van der Waals surface area contributed by atoms with E-state index in [1.807, 2.05) is 13.8 Å². The summed E-state index contributed by atoms with van der Waals surface area (Å²) in [6, 6.07) is 0. The number of thiazole rings is 1. The zero-order valence-corrected chi connectivity index (χ0v) is 12.0. The Labute approximate surface area is 108 Å². The number of nitrogens with zero attached hydrogens (tertiary/aromatic N) is 1. The molecule has 0 aliphatic carbocycles. The van der Waals surface area contributed by atoms with E-state index in [1.54, 1.807) is 13.8 Å². The summed E-state index contributed by atoms with van der Waals surface area (Å²) in [6.45, 7) is 7.40. The van der Waals surface area contributed by atoms with E-state index < -0.39 is 22.0 Å². The maximum atomic E-state index is 12.0. The standard InChI is InChI=1S/C11H17NO3S2/c1-6(2)10(11(13)14)17(15)5-9-12-7(3)8(4)16-9/h6,10H,5H2,1-4H3,(H,13,14). The van der Waals surface area contributed by atoms with Crippen LogP contribution in [0.5, 0.6) is 0 Å². The Morgan fingerprint density at radius 2 is 2.06 bits per heavy atom. The highest BCUT2D eigenvalue weighted by Gasteiger charge is 2.28. The lowest BCUT2D eigenvalue weighted by Crippen LogP contribution is -2.31. The largest absolute Gasteiger partial charge is 0.480 e. The van der Waals surface area contributed by atoms with Gasteiger partial charge in [0.25, 0.3) is 0 Å². The average Bonchev–Trinajstić information content (AvgIpc) is 2.43. The molecule has 1 heterocycles. The van der Waals surface area contributed by atoms with Gasteiger partial charge in [0.1, 0.15) is 10.3 Å². The van der Waals surface area contributed by atoms with Crippen molar-refractivity contribution >= 4 is 28.1 Å². The molecule has 1 N–H and O–H groups in total. The number of hydrogen-bond donors (Lipinski definition) is 1. The van der Waals surface area contributed by atoms with Gasteiger partial charge in [-0.2, -0.15) is 0 Å². The highest BCUT2D eigenvalue weighted by Crippen LogP contribution is 2.20. The molecule has 0 spiro atoms. The SMILES string of the molecule is Cc1nc(CS(=O)C(C(=O)O)C(C)C)sc1C. The molecule has 0 amide bonds. The molecule has 0 radical (unpaired) electrons. The number of carboxylic acids is 1. The minimum atomic E-state index is -1.42. The number of aryl methyl sites for hydroxylation is 2. The van der Waals surface area contributed by atoms with Crippen LogP contribution in [0.15, 0.2) is 0 Å². The van der Waals surface area contributed by atoms with Crippen molar-refractivity contribution < 1.29 is 14.1 Å². The van der Waals surface area contributed by atoms with Crippen LogP contribution in [-0.2, 0) is 21.3 Å². The van der Waals surface area contributed by atoms with Crippen LogP contribution in [0.4, 0.5) is 0 Å². The van der Waals surface area contributed by atoms with Crippen LogP contribution in [0, 0.1) is 19.8 Å². The second kappa shape index (κ2) is 5.73. The molecule has 6 heteroatoms. The molecule has 0 bridgehead atoms. The first-order valence-corrected chi connectivity index (χ1v) is 7.55. The fourth-order valence-electron chi connectivity index (χ4n) is 1.51. The molecule has 0 aliphatic rings. The summed E-state index contributed by atoms with van der Waals surface area (Å²) in [5.41, 5.74) is 0.929. The topological polar surface area (TPSA) is 67.3 Å². The van der Waals surface area contributed by atoms with Crippen molar-refractivity contribution in [2.45, 2.75) is 38.7 Å². The minimum Gasteiger partial charge on any atom is -0.480 e. The minimum absolute atomic E-state index is 0.143. The molecule has 0 aromatic carbocycles. The summed E-state index contributed by atoms with van der Waals surface area (Å²) in [6.07, 6.45) is 0. The first-order valence-electron chi connectivity index (χ1n) is 5.35. The van der Waals surface area contributed by atoms with Crippen LogP contribution in [0.25, 0.3) is 0 Å². The molecular formula is C11H17NO3S2. The lowest BCUT2D eigenvalue weighted by atomic mass is 10.1. The number of aliphatic carboxylic acids is 1. The molecule has 1 rings (SSSR count). The van der Waals surface area contributed by atoms with Crippen molar-refractivity contribution in [2.24, 2.45) is 5.92 Å². The van der Waals surface area contributed by atoms with E-state index in [1.165, 1.54) is 11.3 Å². The van der Waals surface area contributed by atoms with E-state index >= 15 is 0 Å². The van der Waals surface area contributed by atoms with Gasteiger partial charge in [-0.15, -0.1) is 11.3 Å². The van der Waals surface area contributed by atoms with Crippen molar-refractivity contribution in [2.75, 3.05) is 0 Å². The summed E-state index contributed by atoms with van der Waals surface area (Å²) in [4.78, 5) is 16.4. The van der Waals surface area contributed by atoms with Gasteiger partial charge >= 0.3 is 5.97 Å². The summed E-state index contributed by atoms with van der Waals surface area (Å²) < 4.78 is 12.0. The molecule has 2 atom stereocenters. The van der Waals surface area contributed by atoms with Crippen LogP contribution >= 0.6 is 11.3 Å². The molecule has 0 saturated heterocycles. The van der Waals surface area contributed by atoms with E-state index in [4.69, 9.17) is 5.11 Å². The number of aromatic nitrogens is 1. The highest BCUT2D eigenvalue weighted by atomic mass is 32.2. The van der Waals surface area contributed by atoms with Crippen molar-refractivity contribution in [3.05, 3.63) is 15.6 Å². The first kappa shape index (κ1) is 14.3. The number of rotatable bonds is 5. The van der Waals surface area contributed by atoms with Gasteiger partial charge in [-0.25, -0.2) is 4.98 Å². The Hall–Kier alpha value is -0.750. The first-order chi connectivity index (χ1) is 7.82. The number of carboxylic acid groups (broad SMARTS) is 1. The number of carbonyl (C=O) groups is 1. The molecule has 0 fully saturated rings. The van der Waals surface area contributed by atoms with E-state index in [2.05, 4.69) is 4.98 Å². The zero-order valence-electron chi connectivity index (χ0n) is 10.4. The molecule has 17 heavy (non-hydrogen) atoms. The molecule has 4 nitrogen and oxygen atoms in total. The van der Waals surface area contributed by atoms with Gasteiger partial charge < -0.3 is 5.11 Å². The third-order valence-corrected chi connectivity index (χ3v) is 5.60. The number of hydrogen-bond acceptors (Lipinski definition) is 4. The van der Waals surface area contributed by atoms with E-state index in [-0.39, 0.29) is 11.7 Å². The Kier molecular flexibility index (Phi) is 4.82. The maximum Gasteiger partial charge on any atom is 0.319 e. The molecule has 96 valence electrons. The summed E-state index contributed by atoms with van der Waals surface area (Å²) in [5.74, 6) is -0.909. The fourth-order valence-corrected chi connectivity index (χ4v) is 4.15. The van der Waals surface area contributed by atoms with Crippen molar-refractivity contribution in [3.63, 3.8) is 0 Å². The monoisotopic (exact) mass is 275 g/mol. The Bertz CT molecular complexity index is 420. The molecule has 1 aromatic heterocycles. The van der Waals surface area contributed by atoms with E-state index in [9.17, 15) is 9.00 Å². The predicted octanol–water partition coefficient (Wildman–Crippen LogP) is 2.12. The van der Waals surface area contributed by atoms with Crippen molar-refractivity contribution in [1.29, 1.82) is 0 Å². The Morgan fingerprint density at radius 3 is 2.41 bits per heavy atom. The molecule has 2 unspecified atom stereocenters. The third kappa shape index (κ3) is 3.61. The molecular weight excluding hydrogens is 258 g/mol. The van der Waals surface area contributed by atoms with Crippen LogP contribution in [-0.4, -0.2) is 25.5 Å². The van der Waals surface area contributed by atoms with Gasteiger partial charge in [0, 0.05) is 15.7 Å². The maximum absolute atomic E-state index is 12.0. The van der Waals surface area contributed by atoms with Gasteiger partial charge in [0.2, 0.25) is 0 Å². The fraction of sp³-hybridized carbons (Fsp3) is 0.636. The van der Waals surface area contributed by atoms with E-state index in [0.29, 0.717) is 0 Å². The van der Waals surface area contributed by atoms with Crippen LogP contribution in [0.2, 0.25) is 0 Å². The Balaban J connectivity index is 2.80. The molecule has 1 aromatic rings. The van der Waals surface area contributed by atoms with Crippen LogP contribution in [0.1, 0.15) is 29.4 Å². The summed E-state index contributed by atoms with van der Waals surface area (Å²) in [5, 5.41) is 8.98. The van der Waals surface area contributed by atoms with Crippen molar-refractivity contribution in [3.8, 4) is 0 Å². The van der Waals surface area contributed by atoms with E-state index in [0.717, 1.165) is 15.6 Å². The van der Waals surface area contributed by atoms with Gasteiger partial charge in [0.15, 0.2) is 0 Å². The third-order valence-electron chi connectivity index (χ3n) is 2.47. The second-order valence-electron chi connectivity index (χ2n) is 4.28. The smallest absolute Gasteiger partial charge is 0.319 e. The summed E-state index contributed by atoms with van der Waals surface area (Å²) >= 11 is 1.49. The van der Waals surface area contributed by atoms with Crippen molar-refractivity contribution in [1.82, 2.24) is 4.98 Å². The predicted molar refractivity (Wildman–Crippen MR) is 69.7 cm³/mol. The normalized spacial score (nSPS) is 14.9. The highest BCUT2D eigenvalue weighted by molar-refractivity contribution is 7.85. The molecule has 0 saturated carbocycles. The Morgan fingerprint density at radius 1 is 1.47 bits per heavy atom. The zero-order chi connectivity index (χ0) is 13.2. The quantitative estimate of drug-likeness (QED) is 0.893. The van der Waals surface area contributed by atoms with Gasteiger partial charge in [-0.05, 0) is 19.8 Å². The lowest BCUT2D eigenvalue weighted by Gasteiger charge is -2.14. The van der Waals surface area contributed by atoms with Crippen LogP contribution in [0.3, 0.4) is 0 Å². The van der Waals surface area contributed by atoms with Gasteiger partial charge in [0.05, 0.1) is 11.4 Å². The average molecular weight is 275 g/mol.